The number of nitrogens with two attached hydrogens (primary N) is 1. The summed E-state index contributed by atoms with van der Waals surface area (Å²) >= 11 is 0. The molecule has 4 atom stereocenters. The van der Waals surface area contributed by atoms with Gasteiger partial charge in [0.05, 0.1) is 18.6 Å². The van der Waals surface area contributed by atoms with E-state index in [4.69, 9.17) is 15.6 Å². The van der Waals surface area contributed by atoms with Crippen LogP contribution in [0.4, 0.5) is 14.6 Å². The predicted octanol–water partition coefficient (Wildman–Crippen LogP) is -1.04. The molecule has 1 aromatic rings. The third-order valence-electron chi connectivity index (χ3n) is 3.03. The number of aromatic nitrogens is 2. The van der Waals surface area contributed by atoms with Crippen molar-refractivity contribution >= 4 is 5.82 Å². The van der Waals surface area contributed by atoms with Crippen molar-refractivity contribution in [2.45, 2.75) is 24.9 Å². The highest BCUT2D eigenvalue weighted by Gasteiger charge is 2.49. The van der Waals surface area contributed by atoms with Crippen LogP contribution in [0, 0.1) is 5.92 Å². The van der Waals surface area contributed by atoms with Crippen LogP contribution in [-0.4, -0.2) is 45.0 Å². The number of halogens is 2. The maximum absolute atomic E-state index is 12.8. The summed E-state index contributed by atoms with van der Waals surface area (Å²) in [6.45, 7) is -0.681. The Hall–Kier alpha value is -1.58. The molecule has 7 nitrogen and oxygen atoms in total. The number of nitrogens with zero attached hydrogens (tertiary/aromatic N) is 2. The summed E-state index contributed by atoms with van der Waals surface area (Å²) in [5.41, 5.74) is 4.48. The number of anilines is 1. The van der Waals surface area contributed by atoms with Gasteiger partial charge in [0, 0.05) is 6.20 Å². The van der Waals surface area contributed by atoms with Gasteiger partial charge in [0.2, 0.25) is 6.43 Å². The van der Waals surface area contributed by atoms with Gasteiger partial charge in [0.1, 0.15) is 11.9 Å². The van der Waals surface area contributed by atoms with Gasteiger partial charge >= 0.3 is 5.69 Å². The molecule has 1 unspecified atom stereocenters. The Bertz CT molecular complexity index is 510. The monoisotopic (exact) mass is 277 g/mol. The van der Waals surface area contributed by atoms with Crippen LogP contribution in [-0.2, 0) is 4.74 Å². The van der Waals surface area contributed by atoms with Crippen LogP contribution in [0.5, 0.6) is 0 Å². The van der Waals surface area contributed by atoms with Crippen molar-refractivity contribution in [3.8, 4) is 0 Å². The van der Waals surface area contributed by atoms with E-state index in [1.807, 2.05) is 0 Å². The molecular formula is C10H13F2N3O4. The number of hydrogen-bond acceptors (Lipinski definition) is 6. The Labute approximate surface area is 106 Å². The zero-order chi connectivity index (χ0) is 14.2. The van der Waals surface area contributed by atoms with Crippen molar-refractivity contribution in [2.75, 3.05) is 12.3 Å². The lowest BCUT2D eigenvalue weighted by Gasteiger charge is -2.18. The molecule has 0 aromatic carbocycles. The van der Waals surface area contributed by atoms with E-state index in [-0.39, 0.29) is 5.82 Å². The summed E-state index contributed by atoms with van der Waals surface area (Å²) in [4.78, 5) is 15.0. The minimum absolute atomic E-state index is 0.0298. The molecule has 1 aliphatic heterocycles. The zero-order valence-electron chi connectivity index (χ0n) is 9.69. The molecule has 1 aromatic heterocycles. The van der Waals surface area contributed by atoms with E-state index in [1.54, 1.807) is 0 Å². The minimum atomic E-state index is -2.88. The van der Waals surface area contributed by atoms with Gasteiger partial charge in [-0.1, -0.05) is 0 Å². The van der Waals surface area contributed by atoms with E-state index >= 15 is 0 Å². The Balaban J connectivity index is 2.34. The van der Waals surface area contributed by atoms with E-state index in [9.17, 15) is 18.7 Å². The summed E-state index contributed by atoms with van der Waals surface area (Å²) in [6.07, 6.45) is -5.88. The number of rotatable bonds is 3. The van der Waals surface area contributed by atoms with Crippen LogP contribution in [0.2, 0.25) is 0 Å². The quantitative estimate of drug-likeness (QED) is 0.650. The molecule has 1 saturated heterocycles. The van der Waals surface area contributed by atoms with E-state index in [2.05, 4.69) is 4.98 Å². The van der Waals surface area contributed by atoms with Crippen LogP contribution < -0.4 is 11.4 Å². The van der Waals surface area contributed by atoms with Gasteiger partial charge in [0.15, 0.2) is 6.23 Å². The van der Waals surface area contributed by atoms with Crippen LogP contribution >= 0.6 is 0 Å². The van der Waals surface area contributed by atoms with Crippen molar-refractivity contribution in [2.24, 2.45) is 5.92 Å². The van der Waals surface area contributed by atoms with Gasteiger partial charge < -0.3 is 20.7 Å². The largest absolute Gasteiger partial charge is 0.394 e. The highest BCUT2D eigenvalue weighted by molar-refractivity contribution is 5.23. The third kappa shape index (κ3) is 2.44. The summed E-state index contributed by atoms with van der Waals surface area (Å²) in [5, 5.41) is 18.8. The molecule has 0 saturated carbocycles. The van der Waals surface area contributed by atoms with Gasteiger partial charge in [-0.15, -0.1) is 0 Å². The van der Waals surface area contributed by atoms with E-state index in [0.29, 0.717) is 0 Å². The predicted molar refractivity (Wildman–Crippen MR) is 59.4 cm³/mol. The zero-order valence-corrected chi connectivity index (χ0v) is 9.69. The lowest BCUT2D eigenvalue weighted by atomic mass is 9.99. The van der Waals surface area contributed by atoms with Crippen molar-refractivity contribution < 1.29 is 23.7 Å². The molecule has 2 heterocycles. The van der Waals surface area contributed by atoms with Gasteiger partial charge in [-0.05, 0) is 6.07 Å². The molecule has 19 heavy (non-hydrogen) atoms. The Morgan fingerprint density at radius 1 is 1.58 bits per heavy atom. The molecular weight excluding hydrogens is 264 g/mol. The Morgan fingerprint density at radius 2 is 2.26 bits per heavy atom. The number of aliphatic hydroxyl groups excluding tert-OH is 2. The molecule has 2 rings (SSSR count). The molecule has 0 amide bonds. The van der Waals surface area contributed by atoms with Crippen LogP contribution in [0.3, 0.4) is 0 Å². The summed E-state index contributed by atoms with van der Waals surface area (Å²) in [5.74, 6) is -1.60. The summed E-state index contributed by atoms with van der Waals surface area (Å²) < 4.78 is 31.6. The maximum Gasteiger partial charge on any atom is 0.351 e. The standard InChI is InChI=1S/C10H13F2N3O4/c11-8(12)6-4(3-16)19-9(7(6)17)15-2-1-5(13)14-10(15)18/h1-2,4,6-9,16-17H,3H2,(H2,13,14,18)/t4-,6?,7-,9-/m1/s1. The Morgan fingerprint density at radius 3 is 2.74 bits per heavy atom. The molecule has 1 aliphatic rings. The number of hydrogen-bond donors (Lipinski definition) is 3. The first kappa shape index (κ1) is 13.8. The second-order valence-corrected chi connectivity index (χ2v) is 4.19. The fraction of sp³-hybridized carbons (Fsp3) is 0.600. The lowest BCUT2D eigenvalue weighted by molar-refractivity contribution is -0.0560. The smallest absolute Gasteiger partial charge is 0.351 e. The molecule has 0 aliphatic carbocycles. The molecule has 9 heteroatoms. The third-order valence-corrected chi connectivity index (χ3v) is 3.03. The van der Waals surface area contributed by atoms with Crippen LogP contribution in [0.1, 0.15) is 6.23 Å². The van der Waals surface area contributed by atoms with Gasteiger partial charge in [-0.25, -0.2) is 13.6 Å². The van der Waals surface area contributed by atoms with Crippen LogP contribution in [0.15, 0.2) is 17.1 Å². The van der Waals surface area contributed by atoms with Gasteiger partial charge in [-0.2, -0.15) is 4.98 Å². The minimum Gasteiger partial charge on any atom is -0.394 e. The first-order valence-electron chi connectivity index (χ1n) is 5.53. The molecule has 0 radical (unpaired) electrons. The van der Waals surface area contributed by atoms with Gasteiger partial charge in [0.25, 0.3) is 0 Å². The van der Waals surface area contributed by atoms with Crippen molar-refractivity contribution in [3.05, 3.63) is 22.7 Å². The number of nitrogen functional groups attached to an aromatic ring is 1. The summed E-state index contributed by atoms with van der Waals surface area (Å²) in [6, 6.07) is 1.28. The summed E-state index contributed by atoms with van der Waals surface area (Å²) in [7, 11) is 0. The van der Waals surface area contributed by atoms with Crippen molar-refractivity contribution in [1.29, 1.82) is 0 Å². The molecule has 106 valence electrons. The van der Waals surface area contributed by atoms with E-state index < -0.39 is 43.1 Å². The number of aliphatic hydroxyl groups is 2. The fourth-order valence-corrected chi connectivity index (χ4v) is 2.09. The number of alkyl halides is 2. The number of ether oxygens (including phenoxy) is 1. The average molecular weight is 277 g/mol. The second kappa shape index (κ2) is 5.19. The first-order valence-corrected chi connectivity index (χ1v) is 5.53. The second-order valence-electron chi connectivity index (χ2n) is 4.19. The first-order chi connectivity index (χ1) is 8.95. The van der Waals surface area contributed by atoms with Crippen molar-refractivity contribution in [3.63, 3.8) is 0 Å². The Kier molecular flexibility index (Phi) is 3.78. The van der Waals surface area contributed by atoms with E-state index in [0.717, 1.165) is 4.57 Å². The van der Waals surface area contributed by atoms with Crippen molar-refractivity contribution in [1.82, 2.24) is 9.55 Å². The maximum atomic E-state index is 12.8. The molecule has 1 fully saturated rings. The fourth-order valence-electron chi connectivity index (χ4n) is 2.09. The van der Waals surface area contributed by atoms with E-state index in [1.165, 1.54) is 12.3 Å². The highest BCUT2D eigenvalue weighted by Crippen LogP contribution is 2.36. The molecule has 4 N–H and O–H groups in total. The average Bonchev–Trinajstić information content (AvgIpc) is 2.66. The normalized spacial score (nSPS) is 31.0. The van der Waals surface area contributed by atoms with Gasteiger partial charge in [-0.3, -0.25) is 4.57 Å². The molecule has 0 spiro atoms. The highest BCUT2D eigenvalue weighted by atomic mass is 19.3. The van der Waals surface area contributed by atoms with Crippen LogP contribution in [0.25, 0.3) is 0 Å². The SMILES string of the molecule is Nc1ccn([C@@H]2O[C@H](CO)C(C(F)F)[C@H]2O)c(=O)n1. The topological polar surface area (TPSA) is 111 Å². The lowest BCUT2D eigenvalue weighted by Crippen LogP contribution is -2.36. The molecule has 0 bridgehead atoms.